The Morgan fingerprint density at radius 2 is 1.62 bits per heavy atom. The van der Waals surface area contributed by atoms with E-state index in [2.05, 4.69) is 15.0 Å². The summed E-state index contributed by atoms with van der Waals surface area (Å²) in [6.45, 7) is 1.18. The Morgan fingerprint density at radius 1 is 0.971 bits per heavy atom. The fourth-order valence-corrected chi connectivity index (χ4v) is 5.73. The molecule has 0 spiro atoms. The van der Waals surface area contributed by atoms with Crippen molar-refractivity contribution in [1.82, 2.24) is 14.7 Å². The summed E-state index contributed by atoms with van der Waals surface area (Å²) >= 11 is 0. The Balaban J connectivity index is 1.30. The number of hydrogen-bond acceptors (Lipinski definition) is 7. The molecule has 9 heteroatoms. The molecule has 0 atom stereocenters. The number of aromatic nitrogens is 2. The molecule has 1 fully saturated rings. The van der Waals surface area contributed by atoms with Crippen molar-refractivity contribution < 1.29 is 8.42 Å². The third-order valence-electron chi connectivity index (χ3n) is 6.38. The summed E-state index contributed by atoms with van der Waals surface area (Å²) in [5.74, 6) is 2.30. The summed E-state index contributed by atoms with van der Waals surface area (Å²) in [7, 11) is 0.262. The van der Waals surface area contributed by atoms with Crippen molar-refractivity contribution >= 4 is 32.7 Å². The zero-order chi connectivity index (χ0) is 24.1. The van der Waals surface area contributed by atoms with Gasteiger partial charge in [0, 0.05) is 32.6 Å². The van der Waals surface area contributed by atoms with Gasteiger partial charge < -0.3 is 10.2 Å². The highest BCUT2D eigenvalue weighted by Crippen LogP contribution is 2.30. The fraction of sp³-hybridized carbons (Fsp3) is 0.400. The number of benzene rings is 2. The third kappa shape index (κ3) is 5.46. The summed E-state index contributed by atoms with van der Waals surface area (Å²) in [5, 5.41) is 13.6. The van der Waals surface area contributed by atoms with Crippen LogP contribution in [-0.2, 0) is 10.0 Å². The fourth-order valence-electron chi connectivity index (χ4n) is 4.45. The molecular weight excluding hydrogens is 448 g/mol. The number of nitrogens with one attached hydrogen (secondary N) is 2. The van der Waals surface area contributed by atoms with Gasteiger partial charge in [-0.3, -0.25) is 0 Å². The Kier molecular flexibility index (Phi) is 7.29. The van der Waals surface area contributed by atoms with Crippen LogP contribution in [-0.4, -0.2) is 45.6 Å². The van der Waals surface area contributed by atoms with E-state index in [1.165, 1.54) is 12.1 Å². The van der Waals surface area contributed by atoms with Crippen molar-refractivity contribution in [3.8, 4) is 6.07 Å². The second-order valence-electron chi connectivity index (χ2n) is 9.01. The minimum Gasteiger partial charge on any atom is -0.362 e. The van der Waals surface area contributed by atoms with Gasteiger partial charge in [-0.2, -0.15) is 10.2 Å². The van der Waals surface area contributed by atoms with E-state index in [0.29, 0.717) is 18.4 Å². The molecule has 1 aromatic heterocycles. The van der Waals surface area contributed by atoms with Crippen LogP contribution < -0.4 is 14.9 Å². The van der Waals surface area contributed by atoms with Gasteiger partial charge in [-0.05, 0) is 61.8 Å². The lowest BCUT2D eigenvalue weighted by Gasteiger charge is -2.28. The SMILES string of the molecule is CN(C)c1nc(NC[C@H]2CC[C@H](CNS(=O)(=O)c3ccccc3C#N)CC2)nc2ccccc12. The molecule has 1 saturated carbocycles. The van der Waals surface area contributed by atoms with E-state index in [1.54, 1.807) is 12.1 Å². The zero-order valence-electron chi connectivity index (χ0n) is 19.5. The van der Waals surface area contributed by atoms with Crippen molar-refractivity contribution in [2.24, 2.45) is 11.8 Å². The average molecular weight is 479 g/mol. The van der Waals surface area contributed by atoms with Gasteiger partial charge in [-0.25, -0.2) is 18.1 Å². The molecule has 8 nitrogen and oxygen atoms in total. The normalized spacial score (nSPS) is 18.4. The van der Waals surface area contributed by atoms with Gasteiger partial charge >= 0.3 is 0 Å². The minimum atomic E-state index is -3.70. The number of sulfonamides is 1. The van der Waals surface area contributed by atoms with Crippen molar-refractivity contribution in [3.05, 3.63) is 54.1 Å². The summed E-state index contributed by atoms with van der Waals surface area (Å²) in [6, 6.07) is 16.2. The number of anilines is 2. The van der Waals surface area contributed by atoms with Crippen LogP contribution >= 0.6 is 0 Å². The number of fused-ring (bicyclic) bond motifs is 1. The first-order valence-corrected chi connectivity index (χ1v) is 13.0. The largest absolute Gasteiger partial charge is 0.362 e. The number of nitriles is 1. The summed E-state index contributed by atoms with van der Waals surface area (Å²) in [6.07, 6.45) is 3.94. The number of nitrogens with zero attached hydrogens (tertiary/aromatic N) is 4. The molecule has 2 aromatic carbocycles. The monoisotopic (exact) mass is 478 g/mol. The lowest BCUT2D eigenvalue weighted by atomic mass is 9.82. The first kappa shape index (κ1) is 23.9. The van der Waals surface area contributed by atoms with E-state index in [4.69, 9.17) is 4.98 Å². The van der Waals surface area contributed by atoms with E-state index in [0.717, 1.165) is 48.9 Å². The molecule has 2 N–H and O–H groups in total. The molecule has 0 unspecified atom stereocenters. The Bertz CT molecular complexity index is 1290. The van der Waals surface area contributed by atoms with E-state index < -0.39 is 10.0 Å². The summed E-state index contributed by atoms with van der Waals surface area (Å²) in [4.78, 5) is 11.4. The van der Waals surface area contributed by atoms with Gasteiger partial charge in [0.25, 0.3) is 0 Å². The van der Waals surface area contributed by atoms with Gasteiger partial charge in [-0.15, -0.1) is 0 Å². The second kappa shape index (κ2) is 10.4. The van der Waals surface area contributed by atoms with E-state index >= 15 is 0 Å². The third-order valence-corrected chi connectivity index (χ3v) is 7.86. The van der Waals surface area contributed by atoms with Crippen LogP contribution in [0.25, 0.3) is 10.9 Å². The molecule has 4 rings (SSSR count). The van der Waals surface area contributed by atoms with Crippen molar-refractivity contribution in [1.29, 1.82) is 5.26 Å². The van der Waals surface area contributed by atoms with Crippen LogP contribution in [0.2, 0.25) is 0 Å². The van der Waals surface area contributed by atoms with Crippen molar-refractivity contribution in [3.63, 3.8) is 0 Å². The molecule has 34 heavy (non-hydrogen) atoms. The Morgan fingerprint density at radius 3 is 2.32 bits per heavy atom. The van der Waals surface area contributed by atoms with Crippen molar-refractivity contribution in [2.75, 3.05) is 37.4 Å². The van der Waals surface area contributed by atoms with Crippen LogP contribution in [0.3, 0.4) is 0 Å². The minimum absolute atomic E-state index is 0.0443. The highest BCUT2D eigenvalue weighted by molar-refractivity contribution is 7.89. The summed E-state index contributed by atoms with van der Waals surface area (Å²) in [5.41, 5.74) is 1.08. The Hall–Kier alpha value is -3.22. The van der Waals surface area contributed by atoms with E-state index in [1.807, 2.05) is 49.3 Å². The van der Waals surface area contributed by atoms with Gasteiger partial charge in [0.1, 0.15) is 11.9 Å². The van der Waals surface area contributed by atoms with Crippen LogP contribution in [0.4, 0.5) is 11.8 Å². The van der Waals surface area contributed by atoms with E-state index in [9.17, 15) is 13.7 Å². The first-order chi connectivity index (χ1) is 16.4. The molecule has 0 bridgehead atoms. The molecule has 1 aliphatic carbocycles. The standard InChI is InChI=1S/C25H30N6O2S/c1-31(2)24-21-8-4-5-9-22(21)29-25(30-24)27-16-18-11-13-19(14-12-18)17-28-34(32,33)23-10-6-3-7-20(23)15-26/h3-10,18-19,28H,11-14,16-17H2,1-2H3,(H,27,29,30)/t18-,19-. The van der Waals surface area contributed by atoms with Crippen LogP contribution in [0.5, 0.6) is 0 Å². The average Bonchev–Trinajstić information content (AvgIpc) is 2.86. The zero-order valence-corrected chi connectivity index (χ0v) is 20.3. The second-order valence-corrected chi connectivity index (χ2v) is 10.7. The molecule has 1 heterocycles. The number of para-hydroxylation sites is 1. The van der Waals surface area contributed by atoms with Crippen molar-refractivity contribution in [2.45, 2.75) is 30.6 Å². The van der Waals surface area contributed by atoms with Gasteiger partial charge in [-0.1, -0.05) is 24.3 Å². The van der Waals surface area contributed by atoms with Crippen LogP contribution in [0.15, 0.2) is 53.4 Å². The van der Waals surface area contributed by atoms with E-state index in [-0.39, 0.29) is 16.4 Å². The molecule has 0 saturated heterocycles. The van der Waals surface area contributed by atoms with Gasteiger partial charge in [0.2, 0.25) is 16.0 Å². The van der Waals surface area contributed by atoms with Gasteiger partial charge in [0.05, 0.1) is 16.0 Å². The maximum Gasteiger partial charge on any atom is 0.241 e. The highest BCUT2D eigenvalue weighted by atomic mass is 32.2. The number of hydrogen-bond donors (Lipinski definition) is 2. The molecule has 0 aliphatic heterocycles. The Labute approximate surface area is 201 Å². The van der Waals surface area contributed by atoms with Crippen LogP contribution in [0, 0.1) is 23.2 Å². The molecule has 1 aliphatic rings. The molecule has 0 amide bonds. The predicted octanol–water partition coefficient (Wildman–Crippen LogP) is 3.76. The predicted molar refractivity (Wildman–Crippen MR) is 134 cm³/mol. The van der Waals surface area contributed by atoms with Gasteiger partial charge in [0.15, 0.2) is 0 Å². The number of rotatable bonds is 8. The maximum atomic E-state index is 12.7. The molecular formula is C25H30N6O2S. The van der Waals surface area contributed by atoms with Crippen LogP contribution in [0.1, 0.15) is 31.2 Å². The molecule has 0 radical (unpaired) electrons. The highest BCUT2D eigenvalue weighted by Gasteiger charge is 2.24. The maximum absolute atomic E-state index is 12.7. The smallest absolute Gasteiger partial charge is 0.241 e. The topological polar surface area (TPSA) is 111 Å². The lowest BCUT2D eigenvalue weighted by Crippen LogP contribution is -2.32. The first-order valence-electron chi connectivity index (χ1n) is 11.5. The molecule has 3 aromatic rings. The lowest BCUT2D eigenvalue weighted by molar-refractivity contribution is 0.284. The summed E-state index contributed by atoms with van der Waals surface area (Å²) < 4.78 is 28.0. The quantitative estimate of drug-likeness (QED) is 0.507. The molecule has 178 valence electrons.